The number of nitrogens with zero attached hydrogens (tertiary/aromatic N) is 3. The minimum atomic E-state index is 0.244. The molecule has 1 aliphatic rings. The van der Waals surface area contributed by atoms with E-state index in [4.69, 9.17) is 9.97 Å². The van der Waals surface area contributed by atoms with Crippen LogP contribution in [0.1, 0.15) is 44.0 Å². The van der Waals surface area contributed by atoms with Crippen molar-refractivity contribution in [3.8, 4) is 11.3 Å². The average molecular weight is 413 g/mol. The number of nitrogens with one attached hydrogen (secondary N) is 1. The summed E-state index contributed by atoms with van der Waals surface area (Å²) in [5.41, 5.74) is 5.58. The van der Waals surface area contributed by atoms with Gasteiger partial charge in [0, 0.05) is 24.1 Å². The van der Waals surface area contributed by atoms with E-state index in [2.05, 4.69) is 36.6 Å². The maximum Gasteiger partial charge on any atom is 0.181 e. The number of imidazole rings is 1. The summed E-state index contributed by atoms with van der Waals surface area (Å²) in [5, 5.41) is 3.46. The van der Waals surface area contributed by atoms with Crippen LogP contribution in [0.3, 0.4) is 0 Å². The Labute approximate surface area is 182 Å². The van der Waals surface area contributed by atoms with Crippen molar-refractivity contribution in [2.45, 2.75) is 33.6 Å². The van der Waals surface area contributed by atoms with Gasteiger partial charge >= 0.3 is 0 Å². The maximum absolute atomic E-state index is 12.6. The number of para-hydroxylation sites is 2. The van der Waals surface area contributed by atoms with Gasteiger partial charge in [-0.15, -0.1) is 0 Å². The third kappa shape index (κ3) is 3.80. The standard InChI is InChI=1S/C26H28N4O/c1-16(2)14-27-25-26-28-15-23(30(26)22-7-5-4-6-21(22)29-25)18-8-10-19(11-9-18)24(31)13-20-12-17(20)3/h4-11,15-17,20H,12-14H2,1-3H3,(H,27,29). The van der Waals surface area contributed by atoms with Gasteiger partial charge in [-0.1, -0.05) is 57.2 Å². The van der Waals surface area contributed by atoms with E-state index < -0.39 is 0 Å². The number of ketones is 1. The summed E-state index contributed by atoms with van der Waals surface area (Å²) in [6.45, 7) is 7.40. The van der Waals surface area contributed by atoms with Crippen molar-refractivity contribution >= 4 is 28.3 Å². The number of carbonyl (C=O) groups is 1. The number of Topliss-reactive ketones (excluding diaryl/α,β-unsaturated/α-hetero) is 1. The lowest BCUT2D eigenvalue weighted by Gasteiger charge is -2.13. The Balaban J connectivity index is 1.54. The molecule has 1 saturated carbocycles. The first-order chi connectivity index (χ1) is 15.0. The van der Waals surface area contributed by atoms with Crippen LogP contribution in [0.2, 0.25) is 0 Å². The van der Waals surface area contributed by atoms with E-state index >= 15 is 0 Å². The van der Waals surface area contributed by atoms with Gasteiger partial charge in [0.25, 0.3) is 0 Å². The summed E-state index contributed by atoms with van der Waals surface area (Å²) in [4.78, 5) is 22.1. The van der Waals surface area contributed by atoms with Crippen molar-refractivity contribution in [2.75, 3.05) is 11.9 Å². The van der Waals surface area contributed by atoms with Gasteiger partial charge < -0.3 is 5.32 Å². The minimum Gasteiger partial charge on any atom is -0.367 e. The summed E-state index contributed by atoms with van der Waals surface area (Å²) in [6, 6.07) is 16.1. The predicted molar refractivity (Wildman–Crippen MR) is 125 cm³/mol. The number of benzene rings is 2. The number of aromatic nitrogens is 3. The largest absolute Gasteiger partial charge is 0.367 e. The van der Waals surface area contributed by atoms with Gasteiger partial charge in [-0.2, -0.15) is 0 Å². The zero-order chi connectivity index (χ0) is 21.5. The zero-order valence-electron chi connectivity index (χ0n) is 18.3. The molecule has 4 aromatic rings. The Morgan fingerprint density at radius 2 is 1.90 bits per heavy atom. The third-order valence-corrected chi connectivity index (χ3v) is 6.23. The molecule has 5 nitrogen and oxygen atoms in total. The quantitative estimate of drug-likeness (QED) is 0.387. The summed E-state index contributed by atoms with van der Waals surface area (Å²) in [5.74, 6) is 2.81. The molecule has 5 heteroatoms. The number of hydrogen-bond donors (Lipinski definition) is 1. The molecule has 5 rings (SSSR count). The molecule has 1 fully saturated rings. The van der Waals surface area contributed by atoms with Gasteiger partial charge in [0.2, 0.25) is 0 Å². The van der Waals surface area contributed by atoms with Crippen molar-refractivity contribution in [3.05, 3.63) is 60.3 Å². The topological polar surface area (TPSA) is 59.3 Å². The van der Waals surface area contributed by atoms with Gasteiger partial charge in [-0.05, 0) is 36.3 Å². The van der Waals surface area contributed by atoms with Crippen LogP contribution in [0.5, 0.6) is 0 Å². The van der Waals surface area contributed by atoms with E-state index in [1.165, 1.54) is 6.42 Å². The lowest BCUT2D eigenvalue weighted by molar-refractivity contribution is 0.0974. The average Bonchev–Trinajstić information content (AvgIpc) is 3.28. The highest BCUT2D eigenvalue weighted by Crippen LogP contribution is 2.41. The van der Waals surface area contributed by atoms with Crippen LogP contribution in [0.4, 0.5) is 5.82 Å². The number of anilines is 1. The molecule has 0 radical (unpaired) electrons. The number of carbonyl (C=O) groups excluding carboxylic acids is 1. The molecule has 0 spiro atoms. The number of hydrogen-bond acceptors (Lipinski definition) is 4. The van der Waals surface area contributed by atoms with Gasteiger partial charge in [-0.3, -0.25) is 9.20 Å². The molecule has 158 valence electrons. The fourth-order valence-corrected chi connectivity index (χ4v) is 4.17. The number of fused-ring (bicyclic) bond motifs is 3. The van der Waals surface area contributed by atoms with E-state index in [-0.39, 0.29) is 5.78 Å². The molecule has 0 bridgehead atoms. The lowest BCUT2D eigenvalue weighted by Crippen LogP contribution is -2.11. The molecule has 2 aromatic heterocycles. The van der Waals surface area contributed by atoms with Crippen LogP contribution < -0.4 is 5.32 Å². The first-order valence-corrected chi connectivity index (χ1v) is 11.1. The summed E-state index contributed by atoms with van der Waals surface area (Å²) in [6.07, 6.45) is 3.74. The maximum atomic E-state index is 12.6. The van der Waals surface area contributed by atoms with Crippen LogP contribution in [-0.2, 0) is 0 Å². The first kappa shape index (κ1) is 19.7. The van der Waals surface area contributed by atoms with Crippen LogP contribution in [0.15, 0.2) is 54.7 Å². The Morgan fingerprint density at radius 3 is 2.61 bits per heavy atom. The van der Waals surface area contributed by atoms with Gasteiger partial charge in [0.1, 0.15) is 0 Å². The summed E-state index contributed by atoms with van der Waals surface area (Å²) < 4.78 is 2.16. The summed E-state index contributed by atoms with van der Waals surface area (Å²) in [7, 11) is 0. The Hall–Kier alpha value is -3.21. The molecule has 2 aromatic carbocycles. The molecule has 2 atom stereocenters. The fourth-order valence-electron chi connectivity index (χ4n) is 4.17. The van der Waals surface area contributed by atoms with E-state index in [9.17, 15) is 4.79 Å². The van der Waals surface area contributed by atoms with Crippen LogP contribution in [0.25, 0.3) is 27.9 Å². The van der Waals surface area contributed by atoms with Gasteiger partial charge in [0.15, 0.2) is 17.2 Å². The molecule has 0 amide bonds. The SMILES string of the molecule is CC(C)CNc1nc2ccccc2n2c(-c3ccc(C(=O)CC4CC4C)cc3)cnc12. The second-order valence-electron chi connectivity index (χ2n) is 9.20. The first-order valence-electron chi connectivity index (χ1n) is 11.1. The Bertz CT molecular complexity index is 1260. The van der Waals surface area contributed by atoms with E-state index in [1.807, 2.05) is 48.7 Å². The number of rotatable bonds is 7. The van der Waals surface area contributed by atoms with Crippen LogP contribution in [-0.4, -0.2) is 26.7 Å². The van der Waals surface area contributed by atoms with Crippen molar-refractivity contribution in [2.24, 2.45) is 17.8 Å². The molecular formula is C26H28N4O. The van der Waals surface area contributed by atoms with E-state index in [1.54, 1.807) is 0 Å². The van der Waals surface area contributed by atoms with Crippen molar-refractivity contribution in [1.29, 1.82) is 0 Å². The monoisotopic (exact) mass is 412 g/mol. The molecule has 31 heavy (non-hydrogen) atoms. The van der Waals surface area contributed by atoms with E-state index in [0.29, 0.717) is 24.2 Å². The van der Waals surface area contributed by atoms with Gasteiger partial charge in [0.05, 0.1) is 22.9 Å². The minimum absolute atomic E-state index is 0.244. The molecule has 2 unspecified atom stereocenters. The van der Waals surface area contributed by atoms with Crippen molar-refractivity contribution in [3.63, 3.8) is 0 Å². The van der Waals surface area contributed by atoms with Gasteiger partial charge in [-0.25, -0.2) is 9.97 Å². The van der Waals surface area contributed by atoms with Crippen molar-refractivity contribution < 1.29 is 4.79 Å². The normalized spacial score (nSPS) is 18.1. The molecule has 0 saturated heterocycles. The highest BCUT2D eigenvalue weighted by molar-refractivity contribution is 5.97. The lowest BCUT2D eigenvalue weighted by atomic mass is 10.0. The Morgan fingerprint density at radius 1 is 1.16 bits per heavy atom. The Kier molecular flexibility index (Phi) is 4.97. The molecule has 2 heterocycles. The zero-order valence-corrected chi connectivity index (χ0v) is 18.3. The predicted octanol–water partition coefficient (Wildman–Crippen LogP) is 5.85. The highest BCUT2D eigenvalue weighted by atomic mass is 16.1. The van der Waals surface area contributed by atoms with Crippen molar-refractivity contribution in [1.82, 2.24) is 14.4 Å². The third-order valence-electron chi connectivity index (χ3n) is 6.23. The fraction of sp³-hybridized carbons (Fsp3) is 0.346. The second-order valence-corrected chi connectivity index (χ2v) is 9.20. The highest BCUT2D eigenvalue weighted by Gasteiger charge is 2.34. The molecule has 1 N–H and O–H groups in total. The second kappa shape index (κ2) is 7.80. The van der Waals surface area contributed by atoms with E-state index in [0.717, 1.165) is 45.9 Å². The smallest absolute Gasteiger partial charge is 0.181 e. The molecular weight excluding hydrogens is 384 g/mol. The van der Waals surface area contributed by atoms with Crippen LogP contribution in [0, 0.1) is 17.8 Å². The molecule has 1 aliphatic carbocycles. The summed E-state index contributed by atoms with van der Waals surface area (Å²) >= 11 is 0. The molecule has 0 aliphatic heterocycles. The van der Waals surface area contributed by atoms with Crippen LogP contribution >= 0.6 is 0 Å².